The molecule has 0 aliphatic carbocycles. The molecule has 1 aromatic rings. The minimum absolute atomic E-state index is 0.132. The van der Waals surface area contributed by atoms with E-state index < -0.39 is 0 Å². The zero-order valence-electron chi connectivity index (χ0n) is 10.3. The lowest BCUT2D eigenvalue weighted by atomic mass is 10.2. The van der Waals surface area contributed by atoms with E-state index in [0.717, 1.165) is 19.6 Å². The van der Waals surface area contributed by atoms with E-state index in [1.54, 1.807) is 18.2 Å². The number of hydrogen-bond donors (Lipinski definition) is 1. The molecule has 94 valence electrons. The molecule has 5 heteroatoms. The van der Waals surface area contributed by atoms with Gasteiger partial charge in [0.2, 0.25) is 0 Å². The lowest BCUT2D eigenvalue weighted by Gasteiger charge is -2.18. The van der Waals surface area contributed by atoms with Gasteiger partial charge in [-0.15, -0.1) is 0 Å². The highest BCUT2D eigenvalue weighted by molar-refractivity contribution is 5.60. The Balaban J connectivity index is 2.54. The number of anilines is 1. The summed E-state index contributed by atoms with van der Waals surface area (Å²) in [6.45, 7) is 7.80. The highest BCUT2D eigenvalue weighted by atomic mass is 16.6. The maximum atomic E-state index is 10.8. The summed E-state index contributed by atoms with van der Waals surface area (Å²) in [5.74, 6) is 0. The molecule has 0 unspecified atom stereocenters. The molecule has 1 N–H and O–H groups in total. The average Bonchev–Trinajstić information content (AvgIpc) is 2.35. The van der Waals surface area contributed by atoms with E-state index in [-0.39, 0.29) is 10.6 Å². The van der Waals surface area contributed by atoms with Crippen molar-refractivity contribution in [3.05, 3.63) is 34.4 Å². The van der Waals surface area contributed by atoms with Crippen molar-refractivity contribution in [3.8, 4) is 0 Å². The van der Waals surface area contributed by atoms with Gasteiger partial charge in [-0.2, -0.15) is 0 Å². The third-order valence-corrected chi connectivity index (χ3v) is 2.74. The summed E-state index contributed by atoms with van der Waals surface area (Å²) in [7, 11) is 0. The van der Waals surface area contributed by atoms with Crippen LogP contribution in [0, 0.1) is 10.1 Å². The monoisotopic (exact) mass is 237 g/mol. The van der Waals surface area contributed by atoms with E-state index in [4.69, 9.17) is 0 Å². The van der Waals surface area contributed by atoms with Crippen molar-refractivity contribution in [2.45, 2.75) is 13.8 Å². The van der Waals surface area contributed by atoms with Crippen molar-refractivity contribution in [1.82, 2.24) is 4.90 Å². The molecule has 0 saturated heterocycles. The smallest absolute Gasteiger partial charge is 0.292 e. The van der Waals surface area contributed by atoms with Crippen LogP contribution in [0.4, 0.5) is 11.4 Å². The van der Waals surface area contributed by atoms with Gasteiger partial charge in [-0.3, -0.25) is 10.1 Å². The molecule has 0 spiro atoms. The fraction of sp³-hybridized carbons (Fsp3) is 0.500. The molecule has 1 aromatic carbocycles. The first-order chi connectivity index (χ1) is 8.19. The molecule has 0 aliphatic rings. The van der Waals surface area contributed by atoms with Gasteiger partial charge in [0.05, 0.1) is 4.92 Å². The Hall–Kier alpha value is -1.62. The van der Waals surface area contributed by atoms with Gasteiger partial charge in [-0.25, -0.2) is 0 Å². The first-order valence-electron chi connectivity index (χ1n) is 5.88. The minimum atomic E-state index is -0.361. The predicted octanol–water partition coefficient (Wildman–Crippen LogP) is 2.35. The summed E-state index contributed by atoms with van der Waals surface area (Å²) in [6, 6.07) is 6.72. The van der Waals surface area contributed by atoms with Gasteiger partial charge in [-0.1, -0.05) is 26.0 Å². The van der Waals surface area contributed by atoms with E-state index in [0.29, 0.717) is 12.2 Å². The van der Waals surface area contributed by atoms with Crippen molar-refractivity contribution in [2.24, 2.45) is 0 Å². The minimum Gasteiger partial charge on any atom is -0.378 e. The Morgan fingerprint density at radius 2 is 1.94 bits per heavy atom. The molecule has 5 nitrogen and oxygen atoms in total. The van der Waals surface area contributed by atoms with Crippen molar-refractivity contribution >= 4 is 11.4 Å². The second-order valence-electron chi connectivity index (χ2n) is 3.73. The summed E-state index contributed by atoms with van der Waals surface area (Å²) in [5.41, 5.74) is 0.719. The van der Waals surface area contributed by atoms with Crippen LogP contribution < -0.4 is 5.32 Å². The summed E-state index contributed by atoms with van der Waals surface area (Å²) < 4.78 is 0. The number of nitro groups is 1. The topological polar surface area (TPSA) is 58.4 Å². The molecule has 0 radical (unpaired) electrons. The zero-order valence-corrected chi connectivity index (χ0v) is 10.3. The normalized spacial score (nSPS) is 10.5. The van der Waals surface area contributed by atoms with Crippen LogP contribution in [0.3, 0.4) is 0 Å². The van der Waals surface area contributed by atoms with Crippen LogP contribution in [0.25, 0.3) is 0 Å². The molecule has 0 saturated carbocycles. The SMILES string of the molecule is CCN(CC)CCNc1ccccc1[N+](=O)[O-]. The predicted molar refractivity (Wildman–Crippen MR) is 69.4 cm³/mol. The van der Waals surface area contributed by atoms with E-state index in [2.05, 4.69) is 24.1 Å². The number of nitrogens with one attached hydrogen (secondary N) is 1. The maximum absolute atomic E-state index is 10.8. The summed E-state index contributed by atoms with van der Waals surface area (Å²) in [5, 5.41) is 13.9. The second-order valence-corrected chi connectivity index (χ2v) is 3.73. The Kier molecular flexibility index (Phi) is 5.42. The molecule has 0 aliphatic heterocycles. The van der Waals surface area contributed by atoms with Crippen LogP contribution >= 0.6 is 0 Å². The lowest BCUT2D eigenvalue weighted by molar-refractivity contribution is -0.384. The quantitative estimate of drug-likeness (QED) is 0.584. The number of rotatable bonds is 7. The summed E-state index contributed by atoms with van der Waals surface area (Å²) in [4.78, 5) is 12.7. The number of benzene rings is 1. The van der Waals surface area contributed by atoms with Crippen molar-refractivity contribution in [3.63, 3.8) is 0 Å². The first-order valence-corrected chi connectivity index (χ1v) is 5.88. The molecular weight excluding hydrogens is 218 g/mol. The van der Waals surface area contributed by atoms with Crippen LogP contribution in [-0.2, 0) is 0 Å². The molecule has 0 bridgehead atoms. The van der Waals surface area contributed by atoms with Crippen molar-refractivity contribution < 1.29 is 4.92 Å². The van der Waals surface area contributed by atoms with Crippen LogP contribution in [0.5, 0.6) is 0 Å². The Bertz CT molecular complexity index is 365. The molecule has 17 heavy (non-hydrogen) atoms. The summed E-state index contributed by atoms with van der Waals surface area (Å²) >= 11 is 0. The second kappa shape index (κ2) is 6.85. The van der Waals surface area contributed by atoms with Crippen molar-refractivity contribution in [2.75, 3.05) is 31.5 Å². The van der Waals surface area contributed by atoms with Gasteiger partial charge >= 0.3 is 0 Å². The number of para-hydroxylation sites is 2. The molecule has 0 amide bonds. The number of likely N-dealkylation sites (N-methyl/N-ethyl adjacent to an activating group) is 1. The van der Waals surface area contributed by atoms with Gasteiger partial charge in [0.1, 0.15) is 5.69 Å². The third-order valence-electron chi connectivity index (χ3n) is 2.74. The standard InChI is InChI=1S/C12H19N3O2/c1-3-14(4-2)10-9-13-11-7-5-6-8-12(11)15(16)17/h5-8,13H,3-4,9-10H2,1-2H3. The summed E-state index contributed by atoms with van der Waals surface area (Å²) in [6.07, 6.45) is 0. The van der Waals surface area contributed by atoms with Crippen LogP contribution in [-0.4, -0.2) is 36.0 Å². The fourth-order valence-corrected chi connectivity index (χ4v) is 1.67. The highest BCUT2D eigenvalue weighted by Gasteiger charge is 2.11. The molecule has 0 fully saturated rings. The van der Waals surface area contributed by atoms with Crippen LogP contribution in [0.2, 0.25) is 0 Å². The van der Waals surface area contributed by atoms with Gasteiger partial charge in [0.25, 0.3) is 5.69 Å². The fourth-order valence-electron chi connectivity index (χ4n) is 1.67. The highest BCUT2D eigenvalue weighted by Crippen LogP contribution is 2.22. The Morgan fingerprint density at radius 1 is 1.29 bits per heavy atom. The molecule has 1 rings (SSSR count). The maximum Gasteiger partial charge on any atom is 0.292 e. The Labute approximate surface area is 102 Å². The zero-order chi connectivity index (χ0) is 12.7. The van der Waals surface area contributed by atoms with Gasteiger partial charge in [0.15, 0.2) is 0 Å². The lowest BCUT2D eigenvalue weighted by Crippen LogP contribution is -2.28. The molecular formula is C12H19N3O2. The van der Waals surface area contributed by atoms with E-state index in [1.165, 1.54) is 6.07 Å². The average molecular weight is 237 g/mol. The van der Waals surface area contributed by atoms with Crippen LogP contribution in [0.15, 0.2) is 24.3 Å². The van der Waals surface area contributed by atoms with Crippen molar-refractivity contribution in [1.29, 1.82) is 0 Å². The van der Waals surface area contributed by atoms with E-state index in [1.807, 2.05) is 0 Å². The number of nitro benzene ring substituents is 1. The van der Waals surface area contributed by atoms with E-state index in [9.17, 15) is 10.1 Å². The largest absolute Gasteiger partial charge is 0.378 e. The van der Waals surface area contributed by atoms with Crippen LogP contribution in [0.1, 0.15) is 13.8 Å². The van der Waals surface area contributed by atoms with Gasteiger partial charge in [-0.05, 0) is 19.2 Å². The van der Waals surface area contributed by atoms with Gasteiger partial charge in [0, 0.05) is 19.2 Å². The first kappa shape index (κ1) is 13.4. The number of hydrogen-bond acceptors (Lipinski definition) is 4. The molecule has 0 aromatic heterocycles. The Morgan fingerprint density at radius 3 is 2.53 bits per heavy atom. The third kappa shape index (κ3) is 4.03. The molecule has 0 heterocycles. The van der Waals surface area contributed by atoms with Gasteiger partial charge < -0.3 is 10.2 Å². The molecule has 0 atom stereocenters. The number of nitrogens with zero attached hydrogens (tertiary/aromatic N) is 2. The van der Waals surface area contributed by atoms with E-state index >= 15 is 0 Å².